The van der Waals surface area contributed by atoms with Gasteiger partial charge in [-0.15, -0.1) is 0 Å². The van der Waals surface area contributed by atoms with Crippen LogP contribution in [0.2, 0.25) is 0 Å². The number of rotatable bonds is 5. The highest BCUT2D eigenvalue weighted by molar-refractivity contribution is 9.10. The highest BCUT2D eigenvalue weighted by Crippen LogP contribution is 2.13. The van der Waals surface area contributed by atoms with Gasteiger partial charge >= 0.3 is 0 Å². The van der Waals surface area contributed by atoms with Gasteiger partial charge in [0.2, 0.25) is 0 Å². The minimum atomic E-state index is 0.0874. The number of nitrogens with one attached hydrogen (secondary N) is 1. The van der Waals surface area contributed by atoms with Gasteiger partial charge < -0.3 is 10.1 Å². The quantitative estimate of drug-likeness (QED) is 0.893. The summed E-state index contributed by atoms with van der Waals surface area (Å²) in [5.41, 5.74) is 1.97. The molecule has 0 saturated carbocycles. The zero-order valence-electron chi connectivity index (χ0n) is 12.6. The third-order valence-electron chi connectivity index (χ3n) is 2.77. The van der Waals surface area contributed by atoms with E-state index >= 15 is 0 Å². The second-order valence-corrected chi connectivity index (χ2v) is 6.76. The first-order valence-electron chi connectivity index (χ1n) is 6.85. The highest BCUT2D eigenvalue weighted by Gasteiger charge is 2.08. The number of ether oxygens (including phenoxy) is 1. The molecule has 2 aromatic rings. The zero-order chi connectivity index (χ0) is 15.3. The van der Waals surface area contributed by atoms with E-state index in [4.69, 9.17) is 4.74 Å². The summed E-state index contributed by atoms with van der Waals surface area (Å²) >= 11 is 3.36. The van der Waals surface area contributed by atoms with E-state index in [-0.39, 0.29) is 5.54 Å². The Kier molecular flexibility index (Phi) is 5.31. The number of aromatic nitrogens is 2. The Morgan fingerprint density at radius 3 is 2.33 bits per heavy atom. The van der Waals surface area contributed by atoms with Crippen molar-refractivity contribution in [3.05, 3.63) is 52.5 Å². The molecule has 0 aliphatic heterocycles. The van der Waals surface area contributed by atoms with E-state index in [1.165, 1.54) is 0 Å². The second-order valence-electron chi connectivity index (χ2n) is 5.85. The molecule has 0 aliphatic carbocycles. The van der Waals surface area contributed by atoms with Crippen LogP contribution in [0.25, 0.3) is 0 Å². The van der Waals surface area contributed by atoms with Crippen LogP contribution >= 0.6 is 15.9 Å². The number of halogens is 1. The van der Waals surface area contributed by atoms with Crippen LogP contribution in [0.1, 0.15) is 32.2 Å². The molecule has 0 unspecified atom stereocenters. The Balaban J connectivity index is 1.86. The summed E-state index contributed by atoms with van der Waals surface area (Å²) in [5, 5.41) is 3.40. The van der Waals surface area contributed by atoms with Crippen molar-refractivity contribution in [1.29, 1.82) is 0 Å². The fourth-order valence-corrected chi connectivity index (χ4v) is 1.84. The molecule has 0 bridgehead atoms. The van der Waals surface area contributed by atoms with Crippen LogP contribution in [0, 0.1) is 0 Å². The van der Waals surface area contributed by atoms with E-state index in [9.17, 15) is 0 Å². The molecule has 2 rings (SSSR count). The number of nitrogens with zero attached hydrogens (tertiary/aromatic N) is 2. The third-order valence-corrected chi connectivity index (χ3v) is 3.24. The van der Waals surface area contributed by atoms with Crippen LogP contribution in [0.3, 0.4) is 0 Å². The molecule has 1 N–H and O–H groups in total. The lowest BCUT2D eigenvalue weighted by Gasteiger charge is -2.20. The van der Waals surface area contributed by atoms with Crippen LogP contribution in [0.15, 0.2) is 41.1 Å². The van der Waals surface area contributed by atoms with Gasteiger partial charge in [-0.25, -0.2) is 0 Å². The van der Waals surface area contributed by atoms with Gasteiger partial charge in [0.1, 0.15) is 12.4 Å². The molecule has 5 heteroatoms. The molecular weight excluding hydrogens is 330 g/mol. The van der Waals surface area contributed by atoms with E-state index in [0.717, 1.165) is 28.2 Å². The fourth-order valence-electron chi connectivity index (χ4n) is 1.61. The molecule has 0 saturated heterocycles. The van der Waals surface area contributed by atoms with Gasteiger partial charge in [0.25, 0.3) is 0 Å². The van der Waals surface area contributed by atoms with E-state index < -0.39 is 0 Å². The molecule has 2 heterocycles. The summed E-state index contributed by atoms with van der Waals surface area (Å²) < 4.78 is 6.63. The maximum Gasteiger partial charge on any atom is 0.138 e. The van der Waals surface area contributed by atoms with Crippen molar-refractivity contribution in [2.24, 2.45) is 0 Å². The maximum atomic E-state index is 5.67. The van der Waals surface area contributed by atoms with Crippen LogP contribution in [-0.4, -0.2) is 15.5 Å². The zero-order valence-corrected chi connectivity index (χ0v) is 14.1. The van der Waals surface area contributed by atoms with Crippen molar-refractivity contribution in [2.45, 2.75) is 39.5 Å². The van der Waals surface area contributed by atoms with E-state index in [1.807, 2.05) is 24.3 Å². The second kappa shape index (κ2) is 7.00. The SMILES string of the molecule is CC(C)(C)NCc1ccc(OCc2ccc(Br)cn2)cn1. The molecule has 0 radical (unpaired) electrons. The van der Waals surface area contributed by atoms with Gasteiger partial charge in [-0.1, -0.05) is 0 Å². The Hall–Kier alpha value is -1.46. The van der Waals surface area contributed by atoms with Crippen molar-refractivity contribution in [1.82, 2.24) is 15.3 Å². The average Bonchev–Trinajstić information content (AvgIpc) is 2.45. The van der Waals surface area contributed by atoms with Gasteiger partial charge in [0.05, 0.1) is 17.6 Å². The first-order chi connectivity index (χ1) is 9.92. The summed E-state index contributed by atoms with van der Waals surface area (Å²) in [6.07, 6.45) is 3.51. The van der Waals surface area contributed by atoms with Gasteiger partial charge in [0.15, 0.2) is 0 Å². The summed E-state index contributed by atoms with van der Waals surface area (Å²) in [5.74, 6) is 0.749. The molecule has 21 heavy (non-hydrogen) atoms. The normalized spacial score (nSPS) is 11.4. The molecule has 112 valence electrons. The number of hydrogen-bond acceptors (Lipinski definition) is 4. The maximum absolute atomic E-state index is 5.67. The molecule has 0 amide bonds. The standard InChI is InChI=1S/C16H20BrN3O/c1-16(2,3)20-9-13-6-7-15(10-19-13)21-11-14-5-4-12(17)8-18-14/h4-8,10,20H,9,11H2,1-3H3. The molecule has 0 atom stereocenters. The first kappa shape index (κ1) is 15.9. The van der Waals surface area contributed by atoms with Crippen molar-refractivity contribution in [3.8, 4) is 5.75 Å². The third kappa shape index (κ3) is 5.81. The minimum Gasteiger partial charge on any atom is -0.486 e. The Labute approximate surface area is 134 Å². The van der Waals surface area contributed by atoms with Gasteiger partial charge in [0, 0.05) is 22.8 Å². The van der Waals surface area contributed by atoms with Gasteiger partial charge in [-0.2, -0.15) is 0 Å². The summed E-state index contributed by atoms with van der Waals surface area (Å²) in [6.45, 7) is 7.59. The van der Waals surface area contributed by atoms with Crippen molar-refractivity contribution in [2.75, 3.05) is 0 Å². The summed E-state index contributed by atoms with van der Waals surface area (Å²) in [6, 6.07) is 7.79. The van der Waals surface area contributed by atoms with E-state index in [2.05, 4.69) is 52.0 Å². The molecule has 0 aliphatic rings. The Bertz CT molecular complexity index is 562. The van der Waals surface area contributed by atoms with Crippen molar-refractivity contribution < 1.29 is 4.74 Å². The smallest absolute Gasteiger partial charge is 0.138 e. The van der Waals surface area contributed by atoms with Crippen LogP contribution in [0.5, 0.6) is 5.75 Å². The van der Waals surface area contributed by atoms with Crippen LogP contribution in [0.4, 0.5) is 0 Å². The van der Waals surface area contributed by atoms with Crippen molar-refractivity contribution >= 4 is 15.9 Å². The topological polar surface area (TPSA) is 47.0 Å². The van der Waals surface area contributed by atoms with Crippen molar-refractivity contribution in [3.63, 3.8) is 0 Å². The predicted octanol–water partition coefficient (Wildman–Crippen LogP) is 3.71. The largest absolute Gasteiger partial charge is 0.486 e. The minimum absolute atomic E-state index is 0.0874. The van der Waals surface area contributed by atoms with E-state index in [1.54, 1.807) is 12.4 Å². The van der Waals surface area contributed by atoms with Crippen LogP contribution < -0.4 is 10.1 Å². The summed E-state index contributed by atoms with van der Waals surface area (Å²) in [4.78, 5) is 8.66. The molecule has 4 nitrogen and oxygen atoms in total. The predicted molar refractivity (Wildman–Crippen MR) is 87.1 cm³/mol. The molecular formula is C16H20BrN3O. The Morgan fingerprint density at radius 1 is 1.05 bits per heavy atom. The number of pyridine rings is 2. The van der Waals surface area contributed by atoms with E-state index in [0.29, 0.717) is 6.61 Å². The lowest BCUT2D eigenvalue weighted by atomic mass is 10.1. The van der Waals surface area contributed by atoms with Gasteiger partial charge in [-0.3, -0.25) is 9.97 Å². The highest BCUT2D eigenvalue weighted by atomic mass is 79.9. The lowest BCUT2D eigenvalue weighted by molar-refractivity contribution is 0.300. The fraction of sp³-hybridized carbons (Fsp3) is 0.375. The average molecular weight is 350 g/mol. The molecule has 2 aromatic heterocycles. The molecule has 0 aromatic carbocycles. The summed E-state index contributed by atoms with van der Waals surface area (Å²) in [7, 11) is 0. The lowest BCUT2D eigenvalue weighted by Crippen LogP contribution is -2.35. The Morgan fingerprint density at radius 2 is 1.76 bits per heavy atom. The molecule has 0 fully saturated rings. The monoisotopic (exact) mass is 349 g/mol. The number of hydrogen-bond donors (Lipinski definition) is 1. The van der Waals surface area contributed by atoms with Gasteiger partial charge in [-0.05, 0) is 61.0 Å². The molecule has 0 spiro atoms. The van der Waals surface area contributed by atoms with Crippen LogP contribution in [-0.2, 0) is 13.2 Å². The first-order valence-corrected chi connectivity index (χ1v) is 7.65.